The van der Waals surface area contributed by atoms with Crippen molar-refractivity contribution < 1.29 is 19.2 Å². The monoisotopic (exact) mass is 421 g/mol. The van der Waals surface area contributed by atoms with E-state index in [4.69, 9.17) is 9.47 Å². The van der Waals surface area contributed by atoms with Crippen molar-refractivity contribution in [3.8, 4) is 11.5 Å². The van der Waals surface area contributed by atoms with Crippen LogP contribution in [0.5, 0.6) is 11.5 Å². The number of carbonyl (C=O) groups excluding carboxylic acids is 1. The van der Waals surface area contributed by atoms with E-state index in [-0.39, 0.29) is 23.5 Å². The number of hydrogen-bond acceptors (Lipinski definition) is 8. The number of fused-ring (bicyclic) bond motifs is 1. The molecule has 10 heteroatoms. The fraction of sp³-hybridized carbons (Fsp3) is 0.389. The first-order valence-corrected chi connectivity index (χ1v) is 10.7. The lowest BCUT2D eigenvalue weighted by Gasteiger charge is -2.34. The van der Waals surface area contributed by atoms with Crippen LogP contribution < -0.4 is 9.47 Å². The van der Waals surface area contributed by atoms with E-state index < -0.39 is 4.92 Å². The maximum absolute atomic E-state index is 12.5. The number of nitrogens with zero attached hydrogens (tertiary/aromatic N) is 3. The average Bonchev–Trinajstić information content (AvgIpc) is 3.35. The van der Waals surface area contributed by atoms with E-state index in [1.807, 2.05) is 23.1 Å². The minimum absolute atomic E-state index is 0.0215. The molecule has 1 aromatic carbocycles. The molecule has 0 spiro atoms. The Morgan fingerprint density at radius 3 is 2.75 bits per heavy atom. The maximum Gasteiger partial charge on any atom is 0.337 e. The molecule has 0 unspecified atom stereocenters. The predicted molar refractivity (Wildman–Crippen MR) is 106 cm³/mol. The van der Waals surface area contributed by atoms with Gasteiger partial charge in [0.2, 0.25) is 12.7 Å². The highest BCUT2D eigenvalue weighted by molar-refractivity contribution is 8.00. The fourth-order valence-electron chi connectivity index (χ4n) is 3.22. The van der Waals surface area contributed by atoms with Gasteiger partial charge in [0.15, 0.2) is 11.5 Å². The number of piperazine rings is 1. The first kappa shape index (κ1) is 19.0. The van der Waals surface area contributed by atoms with Gasteiger partial charge in [0, 0.05) is 32.7 Å². The summed E-state index contributed by atoms with van der Waals surface area (Å²) in [4.78, 5) is 27.7. The standard InChI is InChI=1S/C18H19N3O5S2/c22-17(11-28-16-3-8-27-18(16)21(23)24)20-6-4-19(5-7-20)10-13-1-2-14-15(9-13)26-12-25-14/h1-3,8-9H,4-7,10-12H2. The molecule has 1 saturated heterocycles. The Morgan fingerprint density at radius 1 is 1.18 bits per heavy atom. The van der Waals surface area contributed by atoms with E-state index in [9.17, 15) is 14.9 Å². The van der Waals surface area contributed by atoms with Gasteiger partial charge in [0.05, 0.1) is 15.6 Å². The zero-order valence-corrected chi connectivity index (χ0v) is 16.7. The molecule has 0 bridgehead atoms. The molecule has 0 saturated carbocycles. The number of ether oxygens (including phenoxy) is 2. The molecular weight excluding hydrogens is 402 g/mol. The Hall–Kier alpha value is -2.30. The molecule has 148 valence electrons. The third kappa shape index (κ3) is 4.23. The molecule has 1 fully saturated rings. The maximum atomic E-state index is 12.5. The number of thioether (sulfide) groups is 1. The smallest absolute Gasteiger partial charge is 0.337 e. The Kier molecular flexibility index (Phi) is 5.69. The Balaban J connectivity index is 1.25. The van der Waals surface area contributed by atoms with Crippen LogP contribution in [0.25, 0.3) is 0 Å². The van der Waals surface area contributed by atoms with E-state index in [1.165, 1.54) is 11.8 Å². The second-order valence-corrected chi connectivity index (χ2v) is 8.39. The van der Waals surface area contributed by atoms with Crippen LogP contribution in [0.3, 0.4) is 0 Å². The molecule has 0 aliphatic carbocycles. The van der Waals surface area contributed by atoms with Crippen LogP contribution in [0, 0.1) is 10.1 Å². The highest BCUT2D eigenvalue weighted by atomic mass is 32.2. The van der Waals surface area contributed by atoms with Gasteiger partial charge >= 0.3 is 5.00 Å². The summed E-state index contributed by atoms with van der Waals surface area (Å²) in [6.45, 7) is 3.99. The number of benzene rings is 1. The topological polar surface area (TPSA) is 85.2 Å². The molecule has 4 rings (SSSR count). The van der Waals surface area contributed by atoms with Gasteiger partial charge in [-0.25, -0.2) is 0 Å². The number of nitro groups is 1. The van der Waals surface area contributed by atoms with Gasteiger partial charge in [0.25, 0.3) is 0 Å². The van der Waals surface area contributed by atoms with Gasteiger partial charge in [-0.3, -0.25) is 19.8 Å². The van der Waals surface area contributed by atoms with Gasteiger partial charge in [-0.15, -0.1) is 11.8 Å². The average molecular weight is 422 g/mol. The highest BCUT2D eigenvalue weighted by Crippen LogP contribution is 2.34. The highest BCUT2D eigenvalue weighted by Gasteiger charge is 2.23. The van der Waals surface area contributed by atoms with Crippen LogP contribution >= 0.6 is 23.1 Å². The number of rotatable bonds is 6. The second-order valence-electron chi connectivity index (χ2n) is 6.48. The summed E-state index contributed by atoms with van der Waals surface area (Å²) in [6, 6.07) is 7.67. The number of thiophene rings is 1. The summed E-state index contributed by atoms with van der Waals surface area (Å²) in [6.07, 6.45) is 0. The summed E-state index contributed by atoms with van der Waals surface area (Å²) < 4.78 is 10.8. The van der Waals surface area contributed by atoms with Crippen LogP contribution in [0.15, 0.2) is 34.5 Å². The van der Waals surface area contributed by atoms with Crippen molar-refractivity contribution in [2.75, 3.05) is 38.7 Å². The molecule has 0 N–H and O–H groups in total. The zero-order valence-electron chi connectivity index (χ0n) is 15.0. The van der Waals surface area contributed by atoms with E-state index in [0.717, 1.165) is 48.0 Å². The molecule has 3 heterocycles. The van der Waals surface area contributed by atoms with Crippen molar-refractivity contribution in [3.05, 3.63) is 45.3 Å². The lowest BCUT2D eigenvalue weighted by atomic mass is 10.1. The van der Waals surface area contributed by atoms with Crippen LogP contribution in [0.4, 0.5) is 5.00 Å². The molecule has 8 nitrogen and oxygen atoms in total. The van der Waals surface area contributed by atoms with Crippen molar-refractivity contribution in [1.82, 2.24) is 9.80 Å². The molecular formula is C18H19N3O5S2. The van der Waals surface area contributed by atoms with E-state index in [1.54, 1.807) is 11.4 Å². The normalized spacial score (nSPS) is 16.4. The lowest BCUT2D eigenvalue weighted by molar-refractivity contribution is -0.382. The molecule has 1 aromatic heterocycles. The third-order valence-electron chi connectivity index (χ3n) is 4.69. The Morgan fingerprint density at radius 2 is 1.96 bits per heavy atom. The lowest BCUT2D eigenvalue weighted by Crippen LogP contribution is -2.48. The van der Waals surface area contributed by atoms with Crippen LogP contribution in [0.1, 0.15) is 5.56 Å². The van der Waals surface area contributed by atoms with Crippen molar-refractivity contribution in [2.24, 2.45) is 0 Å². The summed E-state index contributed by atoms with van der Waals surface area (Å²) in [5, 5.41) is 12.7. The summed E-state index contributed by atoms with van der Waals surface area (Å²) in [7, 11) is 0. The van der Waals surface area contributed by atoms with Gasteiger partial charge < -0.3 is 14.4 Å². The molecule has 2 aliphatic rings. The molecule has 28 heavy (non-hydrogen) atoms. The molecule has 0 radical (unpaired) electrons. The van der Waals surface area contributed by atoms with Crippen LogP contribution in [0.2, 0.25) is 0 Å². The first-order valence-electron chi connectivity index (χ1n) is 8.83. The number of amides is 1. The van der Waals surface area contributed by atoms with E-state index in [0.29, 0.717) is 18.0 Å². The predicted octanol–water partition coefficient (Wildman–Crippen LogP) is 2.82. The van der Waals surface area contributed by atoms with Crippen molar-refractivity contribution in [1.29, 1.82) is 0 Å². The van der Waals surface area contributed by atoms with Crippen LogP contribution in [-0.4, -0.2) is 59.4 Å². The summed E-state index contributed by atoms with van der Waals surface area (Å²) in [5.41, 5.74) is 1.16. The molecule has 2 aliphatic heterocycles. The quantitative estimate of drug-likeness (QED) is 0.403. The van der Waals surface area contributed by atoms with Gasteiger partial charge in [0.1, 0.15) is 0 Å². The summed E-state index contributed by atoms with van der Waals surface area (Å²) in [5.74, 6) is 1.81. The third-order valence-corrected chi connectivity index (χ3v) is 6.72. The SMILES string of the molecule is O=C(CSc1ccsc1[N+](=O)[O-])N1CCN(Cc2ccc3c(c2)OCO3)CC1. The Labute approximate surface area is 170 Å². The van der Waals surface area contributed by atoms with Gasteiger partial charge in [-0.1, -0.05) is 17.4 Å². The molecule has 2 aromatic rings. The van der Waals surface area contributed by atoms with Crippen LogP contribution in [-0.2, 0) is 11.3 Å². The minimum Gasteiger partial charge on any atom is -0.454 e. The van der Waals surface area contributed by atoms with Gasteiger partial charge in [-0.05, 0) is 29.1 Å². The first-order chi connectivity index (χ1) is 13.6. The summed E-state index contributed by atoms with van der Waals surface area (Å²) >= 11 is 2.32. The number of carbonyl (C=O) groups is 1. The largest absolute Gasteiger partial charge is 0.454 e. The second kappa shape index (κ2) is 8.38. The van der Waals surface area contributed by atoms with E-state index in [2.05, 4.69) is 4.90 Å². The minimum atomic E-state index is -0.396. The van der Waals surface area contributed by atoms with E-state index >= 15 is 0 Å². The van der Waals surface area contributed by atoms with Crippen molar-refractivity contribution in [3.63, 3.8) is 0 Å². The van der Waals surface area contributed by atoms with Crippen molar-refractivity contribution >= 4 is 34.0 Å². The zero-order chi connectivity index (χ0) is 19.5. The molecule has 1 amide bonds. The Bertz CT molecular complexity index is 880. The fourth-order valence-corrected chi connectivity index (χ4v) is 5.05. The van der Waals surface area contributed by atoms with Gasteiger partial charge in [-0.2, -0.15) is 0 Å². The molecule has 0 atom stereocenters. The number of hydrogen-bond donors (Lipinski definition) is 0. The van der Waals surface area contributed by atoms with Crippen molar-refractivity contribution in [2.45, 2.75) is 11.4 Å².